The van der Waals surface area contributed by atoms with Gasteiger partial charge in [-0.1, -0.05) is 6.07 Å². The summed E-state index contributed by atoms with van der Waals surface area (Å²) in [6, 6.07) is 14.3. The summed E-state index contributed by atoms with van der Waals surface area (Å²) in [5, 5.41) is 10.6. The quantitative estimate of drug-likeness (QED) is 0.296. The Bertz CT molecular complexity index is 1360. The van der Waals surface area contributed by atoms with Gasteiger partial charge in [0, 0.05) is 36.4 Å². The van der Waals surface area contributed by atoms with E-state index in [0.29, 0.717) is 34.4 Å². The molecule has 0 aliphatic carbocycles. The lowest BCUT2D eigenvalue weighted by atomic mass is 10.0. The van der Waals surface area contributed by atoms with E-state index in [1.54, 1.807) is 12.1 Å². The van der Waals surface area contributed by atoms with E-state index >= 15 is 0 Å². The normalized spacial score (nSPS) is 11.3. The largest absolute Gasteiger partial charge is 0.398 e. The lowest BCUT2D eigenvalue weighted by molar-refractivity contribution is 0.102. The van der Waals surface area contributed by atoms with E-state index in [4.69, 9.17) is 5.73 Å². The zero-order chi connectivity index (χ0) is 25.8. The Morgan fingerprint density at radius 3 is 2.42 bits per heavy atom. The molecular weight excluding hydrogens is 462 g/mol. The molecule has 0 fully saturated rings. The van der Waals surface area contributed by atoms with Crippen molar-refractivity contribution in [2.45, 2.75) is 12.8 Å². The Kier molecular flexibility index (Phi) is 7.49. The summed E-state index contributed by atoms with van der Waals surface area (Å²) in [5.41, 5.74) is 9.95. The molecule has 0 unspecified atom stereocenters. The van der Waals surface area contributed by atoms with Crippen molar-refractivity contribution >= 4 is 34.0 Å². The number of fused-ring (bicyclic) bond motifs is 1. The molecule has 0 radical (unpaired) electrons. The van der Waals surface area contributed by atoms with Crippen LogP contribution in [0.2, 0.25) is 0 Å². The van der Waals surface area contributed by atoms with E-state index in [2.05, 4.69) is 25.3 Å². The van der Waals surface area contributed by atoms with E-state index in [-0.39, 0.29) is 5.91 Å². The fourth-order valence-electron chi connectivity index (χ4n) is 4.14. The van der Waals surface area contributed by atoms with E-state index < -0.39 is 11.6 Å². The van der Waals surface area contributed by atoms with Crippen LogP contribution >= 0.6 is 0 Å². The van der Waals surface area contributed by atoms with Crippen molar-refractivity contribution in [3.8, 4) is 0 Å². The highest BCUT2D eigenvalue weighted by molar-refractivity contribution is 6.10. The Morgan fingerprint density at radius 1 is 0.972 bits per heavy atom. The minimum absolute atomic E-state index is 0.333. The second-order valence-electron chi connectivity index (χ2n) is 9.21. The highest BCUT2D eigenvalue weighted by Gasteiger charge is 2.16. The second kappa shape index (κ2) is 10.7. The van der Waals surface area contributed by atoms with Gasteiger partial charge in [-0.3, -0.25) is 9.89 Å². The van der Waals surface area contributed by atoms with Gasteiger partial charge in [0.15, 0.2) is 5.82 Å². The minimum atomic E-state index is -0.620. The van der Waals surface area contributed by atoms with E-state index in [1.165, 1.54) is 12.1 Å². The summed E-state index contributed by atoms with van der Waals surface area (Å²) in [5.74, 6) is -1.26. The summed E-state index contributed by atoms with van der Waals surface area (Å²) >= 11 is 0. The fraction of sp³-hybridized carbons (Fsp3) is 0.259. The number of nitrogens with one attached hydrogen (secondary N) is 2. The average Bonchev–Trinajstić information content (AvgIpc) is 3.19. The van der Waals surface area contributed by atoms with E-state index in [1.807, 2.05) is 45.4 Å². The van der Waals surface area contributed by atoms with Gasteiger partial charge >= 0.3 is 0 Å². The number of anilines is 3. The zero-order valence-corrected chi connectivity index (χ0v) is 20.6. The van der Waals surface area contributed by atoms with Crippen LogP contribution in [0.3, 0.4) is 0 Å². The highest BCUT2D eigenvalue weighted by atomic mass is 19.1. The molecule has 0 bridgehead atoms. The molecule has 36 heavy (non-hydrogen) atoms. The standard InChI is InChI=1S/C27H30F2N6O/c1-34(2)9-4-10-35(3)21-6-7-22(24(30)16-21)27(36)31-26-23-14-17(5-8-25(23)32-33-26)11-18-12-19(28)15-20(29)13-18/h5-8,12-16H,4,9-11,30H2,1-3H3,(H2,31,32,33,36). The number of rotatable bonds is 9. The molecule has 1 heterocycles. The van der Waals surface area contributed by atoms with Gasteiger partial charge < -0.3 is 20.9 Å². The molecule has 188 valence electrons. The first kappa shape index (κ1) is 25.1. The average molecular weight is 493 g/mol. The highest BCUT2D eigenvalue weighted by Crippen LogP contribution is 2.26. The molecular formula is C27H30F2N6O. The number of benzene rings is 3. The fourth-order valence-corrected chi connectivity index (χ4v) is 4.14. The summed E-state index contributed by atoms with van der Waals surface area (Å²) in [6.07, 6.45) is 1.34. The molecule has 4 N–H and O–H groups in total. The number of nitrogen functional groups attached to an aromatic ring is 1. The molecule has 0 aliphatic heterocycles. The van der Waals surface area contributed by atoms with Crippen molar-refractivity contribution in [1.29, 1.82) is 0 Å². The molecule has 0 spiro atoms. The first-order chi connectivity index (χ1) is 17.2. The van der Waals surface area contributed by atoms with Crippen LogP contribution in [0.4, 0.5) is 26.0 Å². The van der Waals surface area contributed by atoms with Gasteiger partial charge in [0.2, 0.25) is 0 Å². The van der Waals surface area contributed by atoms with Gasteiger partial charge in [0.1, 0.15) is 11.6 Å². The van der Waals surface area contributed by atoms with Crippen molar-refractivity contribution in [1.82, 2.24) is 15.1 Å². The van der Waals surface area contributed by atoms with Gasteiger partial charge in [-0.25, -0.2) is 8.78 Å². The third-order valence-electron chi connectivity index (χ3n) is 6.01. The summed E-state index contributed by atoms with van der Waals surface area (Å²) in [7, 11) is 6.08. The molecule has 1 amide bonds. The minimum Gasteiger partial charge on any atom is -0.398 e. The molecule has 9 heteroatoms. The van der Waals surface area contributed by atoms with Crippen molar-refractivity contribution in [2.75, 3.05) is 50.2 Å². The lowest BCUT2D eigenvalue weighted by Gasteiger charge is -2.21. The van der Waals surface area contributed by atoms with Crippen LogP contribution in [0.25, 0.3) is 10.9 Å². The van der Waals surface area contributed by atoms with Gasteiger partial charge in [-0.2, -0.15) is 5.10 Å². The van der Waals surface area contributed by atoms with Crippen LogP contribution in [-0.4, -0.2) is 55.2 Å². The van der Waals surface area contributed by atoms with E-state index in [0.717, 1.165) is 42.3 Å². The first-order valence-electron chi connectivity index (χ1n) is 11.7. The summed E-state index contributed by atoms with van der Waals surface area (Å²) in [4.78, 5) is 17.3. The smallest absolute Gasteiger partial charge is 0.258 e. The molecule has 7 nitrogen and oxygen atoms in total. The molecule has 0 aliphatic rings. The molecule has 4 aromatic rings. The van der Waals surface area contributed by atoms with Crippen molar-refractivity contribution in [3.05, 3.63) is 82.9 Å². The third kappa shape index (κ3) is 5.98. The maximum Gasteiger partial charge on any atom is 0.258 e. The van der Waals surface area contributed by atoms with Crippen LogP contribution in [-0.2, 0) is 6.42 Å². The van der Waals surface area contributed by atoms with Gasteiger partial charge in [0.05, 0.1) is 11.1 Å². The van der Waals surface area contributed by atoms with Crippen LogP contribution in [0.15, 0.2) is 54.6 Å². The summed E-state index contributed by atoms with van der Waals surface area (Å²) in [6.45, 7) is 1.85. The number of carbonyl (C=O) groups excluding carboxylic acids is 1. The number of H-pyrrole nitrogens is 1. The molecule has 4 rings (SSSR count). The number of nitrogens with two attached hydrogens (primary N) is 1. The SMILES string of the molecule is CN(C)CCCN(C)c1ccc(C(=O)Nc2n[nH]c3ccc(Cc4cc(F)cc(F)c4)cc23)c(N)c1. The Balaban J connectivity index is 1.49. The molecule has 0 atom stereocenters. The van der Waals surface area contributed by atoms with Crippen molar-refractivity contribution < 1.29 is 13.6 Å². The van der Waals surface area contributed by atoms with Crippen LogP contribution in [0.5, 0.6) is 0 Å². The van der Waals surface area contributed by atoms with Gasteiger partial charge in [-0.15, -0.1) is 0 Å². The second-order valence-corrected chi connectivity index (χ2v) is 9.21. The van der Waals surface area contributed by atoms with Gasteiger partial charge in [-0.05, 0) is 87.1 Å². The number of nitrogens with zero attached hydrogens (tertiary/aromatic N) is 3. The topological polar surface area (TPSA) is 90.3 Å². The van der Waals surface area contributed by atoms with E-state index in [9.17, 15) is 13.6 Å². The first-order valence-corrected chi connectivity index (χ1v) is 11.7. The number of hydrogen-bond acceptors (Lipinski definition) is 5. The number of hydrogen-bond donors (Lipinski definition) is 3. The Hall–Kier alpha value is -3.98. The number of aromatic amines is 1. The van der Waals surface area contributed by atoms with Crippen LogP contribution in [0, 0.1) is 11.6 Å². The van der Waals surface area contributed by atoms with Crippen molar-refractivity contribution in [3.63, 3.8) is 0 Å². The number of aromatic nitrogens is 2. The molecule has 0 saturated heterocycles. The Morgan fingerprint density at radius 2 is 1.72 bits per heavy atom. The van der Waals surface area contributed by atoms with Gasteiger partial charge in [0.25, 0.3) is 5.91 Å². The number of amides is 1. The Labute approximate surface area is 208 Å². The maximum absolute atomic E-state index is 13.6. The maximum atomic E-state index is 13.6. The van der Waals surface area contributed by atoms with Crippen LogP contribution < -0.4 is 16.0 Å². The molecule has 3 aromatic carbocycles. The molecule has 1 aromatic heterocycles. The third-order valence-corrected chi connectivity index (χ3v) is 6.01. The lowest BCUT2D eigenvalue weighted by Crippen LogP contribution is -2.23. The van der Waals surface area contributed by atoms with Crippen LogP contribution in [0.1, 0.15) is 27.9 Å². The predicted octanol–water partition coefficient (Wildman–Crippen LogP) is 4.65. The van der Waals surface area contributed by atoms with Crippen molar-refractivity contribution in [2.24, 2.45) is 0 Å². The zero-order valence-electron chi connectivity index (χ0n) is 20.6. The summed E-state index contributed by atoms with van der Waals surface area (Å²) < 4.78 is 27.1. The predicted molar refractivity (Wildman–Crippen MR) is 141 cm³/mol. The molecule has 0 saturated carbocycles. The number of carbonyl (C=O) groups is 1. The number of halogens is 2. The monoisotopic (exact) mass is 492 g/mol.